The van der Waals surface area contributed by atoms with Crippen LogP contribution in [0.4, 0.5) is 5.82 Å². The average Bonchev–Trinajstić information content (AvgIpc) is 2.53. The van der Waals surface area contributed by atoms with E-state index < -0.39 is 8.32 Å². The van der Waals surface area contributed by atoms with Crippen LogP contribution in [0.5, 0.6) is 0 Å². The minimum atomic E-state index is -1.70. The highest BCUT2D eigenvalue weighted by Crippen LogP contribution is 2.39. The van der Waals surface area contributed by atoms with Gasteiger partial charge in [0.25, 0.3) is 0 Å². The van der Waals surface area contributed by atoms with E-state index in [4.69, 9.17) is 10.2 Å². The molecule has 0 saturated heterocycles. The van der Waals surface area contributed by atoms with E-state index in [1.165, 1.54) is 19.3 Å². The second-order valence-electron chi connectivity index (χ2n) is 8.66. The average molecular weight is 350 g/mol. The third-order valence-corrected chi connectivity index (χ3v) is 10.4. The predicted molar refractivity (Wildman–Crippen MR) is 105 cm³/mol. The number of anilines is 1. The van der Waals surface area contributed by atoms with Gasteiger partial charge in [-0.15, -0.1) is 0 Å². The molecule has 136 valence electrons. The molecule has 2 atom stereocenters. The standard InChI is InChI=1S/C19H35N3OSi/c1-19(2,3)24(5,6)23-17-9-7-8-16(12-17)22(4)18-11-10-15(13-20)14-21-18/h10-11,14,16-17H,7-9,12-13,20H2,1-6H3. The van der Waals surface area contributed by atoms with Crippen molar-refractivity contribution < 1.29 is 4.43 Å². The molecule has 2 unspecified atom stereocenters. The lowest BCUT2D eigenvalue weighted by Gasteiger charge is -2.43. The first kappa shape index (κ1) is 19.4. The topological polar surface area (TPSA) is 51.4 Å². The Morgan fingerprint density at radius 3 is 2.54 bits per heavy atom. The summed E-state index contributed by atoms with van der Waals surface area (Å²) in [6.45, 7) is 12.2. The number of pyridine rings is 1. The molecule has 24 heavy (non-hydrogen) atoms. The van der Waals surface area contributed by atoms with Crippen LogP contribution in [-0.2, 0) is 11.0 Å². The Morgan fingerprint density at radius 1 is 1.29 bits per heavy atom. The number of aromatic nitrogens is 1. The lowest BCUT2D eigenvalue weighted by atomic mass is 9.92. The molecule has 1 aliphatic carbocycles. The van der Waals surface area contributed by atoms with E-state index in [0.29, 0.717) is 18.7 Å². The third kappa shape index (κ3) is 4.58. The van der Waals surface area contributed by atoms with Crippen LogP contribution in [0, 0.1) is 0 Å². The fraction of sp³-hybridized carbons (Fsp3) is 0.737. The summed E-state index contributed by atoms with van der Waals surface area (Å²) < 4.78 is 6.67. The summed E-state index contributed by atoms with van der Waals surface area (Å²) in [5, 5.41) is 0.269. The van der Waals surface area contributed by atoms with Crippen molar-refractivity contribution in [3.05, 3.63) is 23.9 Å². The highest BCUT2D eigenvalue weighted by molar-refractivity contribution is 6.74. The lowest BCUT2D eigenvalue weighted by Crippen LogP contribution is -2.47. The molecular formula is C19H35N3OSi. The van der Waals surface area contributed by atoms with Gasteiger partial charge in [0.1, 0.15) is 5.82 Å². The van der Waals surface area contributed by atoms with Crippen molar-refractivity contribution in [2.24, 2.45) is 5.73 Å². The Kier molecular flexibility index (Phi) is 6.10. The van der Waals surface area contributed by atoms with Crippen LogP contribution in [0.15, 0.2) is 18.3 Å². The largest absolute Gasteiger partial charge is 0.414 e. The maximum atomic E-state index is 6.67. The quantitative estimate of drug-likeness (QED) is 0.805. The van der Waals surface area contributed by atoms with Crippen molar-refractivity contribution in [1.29, 1.82) is 0 Å². The van der Waals surface area contributed by atoms with E-state index in [1.54, 1.807) is 0 Å². The minimum absolute atomic E-state index is 0.269. The van der Waals surface area contributed by atoms with Gasteiger partial charge < -0.3 is 15.1 Å². The fourth-order valence-electron chi connectivity index (χ4n) is 3.11. The Balaban J connectivity index is 2.01. The summed E-state index contributed by atoms with van der Waals surface area (Å²) >= 11 is 0. The van der Waals surface area contributed by atoms with E-state index in [0.717, 1.165) is 17.8 Å². The van der Waals surface area contributed by atoms with Crippen molar-refractivity contribution >= 4 is 14.1 Å². The molecule has 1 fully saturated rings. The maximum Gasteiger partial charge on any atom is 0.192 e. The molecule has 0 radical (unpaired) electrons. The van der Waals surface area contributed by atoms with Crippen LogP contribution in [0.2, 0.25) is 18.1 Å². The summed E-state index contributed by atoms with van der Waals surface area (Å²) in [7, 11) is 0.460. The lowest BCUT2D eigenvalue weighted by molar-refractivity contribution is 0.127. The number of hydrogen-bond acceptors (Lipinski definition) is 4. The number of nitrogens with zero attached hydrogens (tertiary/aromatic N) is 2. The van der Waals surface area contributed by atoms with E-state index in [2.05, 4.69) is 62.9 Å². The molecule has 0 bridgehead atoms. The van der Waals surface area contributed by atoms with Gasteiger partial charge >= 0.3 is 0 Å². The van der Waals surface area contributed by atoms with E-state index >= 15 is 0 Å². The fourth-order valence-corrected chi connectivity index (χ4v) is 4.51. The van der Waals surface area contributed by atoms with Gasteiger partial charge in [-0.25, -0.2) is 4.98 Å². The second kappa shape index (κ2) is 7.54. The van der Waals surface area contributed by atoms with Gasteiger partial charge in [0.2, 0.25) is 0 Å². The molecular weight excluding hydrogens is 314 g/mol. The molecule has 2 rings (SSSR count). The zero-order chi connectivity index (χ0) is 18.0. The summed E-state index contributed by atoms with van der Waals surface area (Å²) in [6, 6.07) is 4.66. The van der Waals surface area contributed by atoms with Crippen molar-refractivity contribution in [2.45, 2.75) is 83.3 Å². The van der Waals surface area contributed by atoms with Gasteiger partial charge in [-0.1, -0.05) is 26.8 Å². The van der Waals surface area contributed by atoms with Gasteiger partial charge in [0.05, 0.1) is 0 Å². The Morgan fingerprint density at radius 2 is 2.00 bits per heavy atom. The Bertz CT molecular complexity index is 524. The van der Waals surface area contributed by atoms with Crippen molar-refractivity contribution in [3.8, 4) is 0 Å². The molecule has 0 spiro atoms. The van der Waals surface area contributed by atoms with Crippen molar-refractivity contribution in [3.63, 3.8) is 0 Å². The zero-order valence-corrected chi connectivity index (χ0v) is 17.3. The van der Waals surface area contributed by atoms with Gasteiger partial charge in [-0.05, 0) is 55.4 Å². The van der Waals surface area contributed by atoms with E-state index in [-0.39, 0.29) is 5.04 Å². The molecule has 1 saturated carbocycles. The SMILES string of the molecule is CN(c1ccc(CN)cn1)C1CCCC(O[Si](C)(C)C(C)(C)C)C1. The van der Waals surface area contributed by atoms with Crippen molar-refractivity contribution in [1.82, 2.24) is 4.98 Å². The maximum absolute atomic E-state index is 6.67. The first-order valence-electron chi connectivity index (χ1n) is 9.19. The number of nitrogens with two attached hydrogens (primary N) is 1. The van der Waals surface area contributed by atoms with Crippen LogP contribution in [-0.4, -0.2) is 32.5 Å². The third-order valence-electron chi connectivity index (χ3n) is 5.82. The van der Waals surface area contributed by atoms with Crippen molar-refractivity contribution in [2.75, 3.05) is 11.9 Å². The van der Waals surface area contributed by atoms with Gasteiger partial charge in [-0.3, -0.25) is 0 Å². The second-order valence-corrected chi connectivity index (χ2v) is 13.4. The molecule has 1 aromatic heterocycles. The molecule has 0 aliphatic heterocycles. The Labute approximate surface area is 148 Å². The molecule has 1 aromatic rings. The first-order chi connectivity index (χ1) is 11.1. The first-order valence-corrected chi connectivity index (χ1v) is 12.1. The number of hydrogen-bond donors (Lipinski definition) is 1. The van der Waals surface area contributed by atoms with Gasteiger partial charge in [0.15, 0.2) is 8.32 Å². The Hall–Kier alpha value is -0.913. The van der Waals surface area contributed by atoms with Crippen LogP contribution in [0.25, 0.3) is 0 Å². The van der Waals surface area contributed by atoms with Crippen LogP contribution >= 0.6 is 0 Å². The van der Waals surface area contributed by atoms with Crippen LogP contribution in [0.1, 0.15) is 52.0 Å². The molecule has 0 aromatic carbocycles. The molecule has 5 heteroatoms. The monoisotopic (exact) mass is 349 g/mol. The van der Waals surface area contributed by atoms with Gasteiger partial charge in [0, 0.05) is 31.9 Å². The normalized spacial score (nSPS) is 22.5. The summed E-state index contributed by atoms with van der Waals surface area (Å²) in [6.07, 6.45) is 7.01. The molecule has 1 heterocycles. The molecule has 2 N–H and O–H groups in total. The van der Waals surface area contributed by atoms with E-state index in [1.807, 2.05) is 6.20 Å². The molecule has 1 aliphatic rings. The predicted octanol–water partition coefficient (Wildman–Crippen LogP) is 4.31. The van der Waals surface area contributed by atoms with Crippen LogP contribution in [0.3, 0.4) is 0 Å². The zero-order valence-electron chi connectivity index (χ0n) is 16.3. The summed E-state index contributed by atoms with van der Waals surface area (Å²) in [5.41, 5.74) is 6.74. The van der Waals surface area contributed by atoms with Gasteiger partial charge in [-0.2, -0.15) is 0 Å². The summed E-state index contributed by atoms with van der Waals surface area (Å²) in [4.78, 5) is 6.90. The highest BCUT2D eigenvalue weighted by atomic mass is 28.4. The number of rotatable bonds is 5. The summed E-state index contributed by atoms with van der Waals surface area (Å²) in [5.74, 6) is 1.03. The molecule has 4 nitrogen and oxygen atoms in total. The van der Waals surface area contributed by atoms with E-state index in [9.17, 15) is 0 Å². The highest BCUT2D eigenvalue weighted by Gasteiger charge is 2.40. The minimum Gasteiger partial charge on any atom is -0.414 e. The smallest absolute Gasteiger partial charge is 0.192 e. The van der Waals surface area contributed by atoms with Crippen LogP contribution < -0.4 is 10.6 Å². The molecule has 0 amide bonds.